The molecular formula is C25H31F3N4O3. The summed E-state index contributed by atoms with van der Waals surface area (Å²) in [5.74, 6) is 0.0459. The number of β-amino-alcohol motifs (C(OH)–C–C–N with tert-alkyl or cyclic N) is 1. The summed E-state index contributed by atoms with van der Waals surface area (Å²) in [6, 6.07) is 6.08. The van der Waals surface area contributed by atoms with E-state index in [0.717, 1.165) is 37.9 Å². The van der Waals surface area contributed by atoms with E-state index in [1.807, 2.05) is 4.90 Å². The molecule has 2 atom stereocenters. The van der Waals surface area contributed by atoms with Gasteiger partial charge in [-0.3, -0.25) is 9.69 Å². The highest BCUT2D eigenvalue weighted by Crippen LogP contribution is 2.44. The van der Waals surface area contributed by atoms with Crippen molar-refractivity contribution in [1.82, 2.24) is 19.6 Å². The van der Waals surface area contributed by atoms with E-state index in [-0.39, 0.29) is 29.6 Å². The number of ether oxygens (including phenoxy) is 1. The van der Waals surface area contributed by atoms with Crippen LogP contribution in [0.2, 0.25) is 0 Å². The van der Waals surface area contributed by atoms with E-state index >= 15 is 0 Å². The first kappa shape index (κ1) is 24.1. The topological polar surface area (TPSA) is 70.8 Å². The van der Waals surface area contributed by atoms with Crippen LogP contribution in [0.15, 0.2) is 24.3 Å². The molecule has 1 aliphatic carbocycles. The van der Waals surface area contributed by atoms with Gasteiger partial charge in [0.05, 0.1) is 28.7 Å². The molecule has 5 rings (SSSR count). The van der Waals surface area contributed by atoms with Gasteiger partial charge >= 0.3 is 6.36 Å². The first-order valence-corrected chi connectivity index (χ1v) is 12.3. The van der Waals surface area contributed by atoms with E-state index in [4.69, 9.17) is 0 Å². The summed E-state index contributed by atoms with van der Waals surface area (Å²) in [6.45, 7) is 6.69. The molecule has 1 N–H and O–H groups in total. The predicted octanol–water partition coefficient (Wildman–Crippen LogP) is 3.87. The van der Waals surface area contributed by atoms with E-state index in [1.54, 1.807) is 17.7 Å². The maximum atomic E-state index is 13.7. The van der Waals surface area contributed by atoms with E-state index in [2.05, 4.69) is 21.7 Å². The molecule has 2 aliphatic heterocycles. The van der Waals surface area contributed by atoms with Gasteiger partial charge in [-0.2, -0.15) is 5.10 Å². The molecule has 0 radical (unpaired) electrons. The third-order valence-corrected chi connectivity index (χ3v) is 7.44. The van der Waals surface area contributed by atoms with Crippen LogP contribution in [-0.2, 0) is 0 Å². The first-order chi connectivity index (χ1) is 16.6. The van der Waals surface area contributed by atoms with Crippen LogP contribution in [-0.4, -0.2) is 75.3 Å². The Hall–Kier alpha value is -2.59. The van der Waals surface area contributed by atoms with Crippen molar-refractivity contribution in [3.63, 3.8) is 0 Å². The number of hydrogen-bond donors (Lipinski definition) is 1. The fourth-order valence-electron chi connectivity index (χ4n) is 5.43. The summed E-state index contributed by atoms with van der Waals surface area (Å²) in [6.07, 6.45) is -1.52. The highest BCUT2D eigenvalue weighted by atomic mass is 19.4. The maximum absolute atomic E-state index is 13.7. The predicted molar refractivity (Wildman–Crippen MR) is 123 cm³/mol. The number of amides is 1. The Balaban J connectivity index is 1.36. The lowest BCUT2D eigenvalue weighted by Gasteiger charge is -2.36. The highest BCUT2D eigenvalue weighted by molar-refractivity contribution is 5.97. The highest BCUT2D eigenvalue weighted by Gasteiger charge is 2.39. The molecular weight excluding hydrogens is 461 g/mol. The second-order valence-electron chi connectivity index (χ2n) is 10.1. The van der Waals surface area contributed by atoms with Crippen LogP contribution in [0.4, 0.5) is 13.2 Å². The van der Waals surface area contributed by atoms with E-state index in [9.17, 15) is 23.1 Å². The van der Waals surface area contributed by atoms with Gasteiger partial charge in [0.2, 0.25) is 0 Å². The zero-order valence-electron chi connectivity index (χ0n) is 20.0. The number of aryl methyl sites for hydroxylation is 1. The Morgan fingerprint density at radius 2 is 1.86 bits per heavy atom. The minimum atomic E-state index is -4.78. The largest absolute Gasteiger partial charge is 0.573 e. The van der Waals surface area contributed by atoms with Crippen molar-refractivity contribution in [2.45, 2.75) is 64.0 Å². The summed E-state index contributed by atoms with van der Waals surface area (Å²) in [7, 11) is 0. The van der Waals surface area contributed by atoms with Gasteiger partial charge in [0.15, 0.2) is 0 Å². The maximum Gasteiger partial charge on any atom is 0.573 e. The number of halogens is 3. The number of hydrogen-bond acceptors (Lipinski definition) is 5. The second-order valence-corrected chi connectivity index (χ2v) is 10.1. The Morgan fingerprint density at radius 1 is 1.14 bits per heavy atom. The number of likely N-dealkylation sites (tertiary alicyclic amines) is 2. The van der Waals surface area contributed by atoms with Gasteiger partial charge < -0.3 is 14.7 Å². The van der Waals surface area contributed by atoms with Crippen molar-refractivity contribution in [3.05, 3.63) is 41.2 Å². The Labute approximate surface area is 202 Å². The van der Waals surface area contributed by atoms with Gasteiger partial charge in [-0.25, -0.2) is 4.68 Å². The summed E-state index contributed by atoms with van der Waals surface area (Å²) >= 11 is 0. The quantitative estimate of drug-likeness (QED) is 0.686. The summed E-state index contributed by atoms with van der Waals surface area (Å²) in [5, 5.41) is 14.7. The zero-order valence-corrected chi connectivity index (χ0v) is 20.0. The normalized spacial score (nSPS) is 24.2. The first-order valence-electron chi connectivity index (χ1n) is 12.3. The number of piperidine rings is 1. The van der Waals surface area contributed by atoms with Gasteiger partial charge in [0.1, 0.15) is 5.75 Å². The SMILES string of the molecule is Cc1nn(-c2cccc(OC(F)(F)F)c2)c(C2CC2)c1C(=O)N1CCC(N2C[C@H](C)[C@@H](O)C2)CC1. The monoisotopic (exact) mass is 492 g/mol. The van der Waals surface area contributed by atoms with Crippen molar-refractivity contribution < 1.29 is 27.8 Å². The van der Waals surface area contributed by atoms with Crippen LogP contribution in [0.1, 0.15) is 60.3 Å². The third-order valence-electron chi connectivity index (χ3n) is 7.44. The average molecular weight is 493 g/mol. The van der Waals surface area contributed by atoms with Crippen LogP contribution >= 0.6 is 0 Å². The molecule has 1 amide bonds. The smallest absolute Gasteiger partial charge is 0.406 e. The molecule has 3 fully saturated rings. The number of nitrogens with zero attached hydrogens (tertiary/aromatic N) is 4. The van der Waals surface area contributed by atoms with Crippen molar-refractivity contribution in [3.8, 4) is 11.4 Å². The Bertz CT molecular complexity index is 1080. The molecule has 7 nitrogen and oxygen atoms in total. The Kier molecular flexibility index (Phi) is 6.29. The second kappa shape index (κ2) is 9.13. The lowest BCUT2D eigenvalue weighted by molar-refractivity contribution is -0.274. The average Bonchev–Trinajstić information content (AvgIpc) is 3.51. The van der Waals surface area contributed by atoms with Crippen molar-refractivity contribution in [2.75, 3.05) is 26.2 Å². The standard InChI is InChI=1S/C25H31F3N4O3/c1-15-13-31(14-21(15)33)18-8-10-30(11-9-18)24(34)22-16(2)29-32(23(22)17-6-7-17)19-4-3-5-20(12-19)35-25(26,27)28/h3-5,12,15,17-18,21,33H,6-11,13-14H2,1-2H3/t15-,21-/m0/s1. The number of carbonyl (C=O) groups excluding carboxylic acids is 1. The van der Waals surface area contributed by atoms with Crippen LogP contribution in [0.3, 0.4) is 0 Å². The molecule has 190 valence electrons. The number of aliphatic hydroxyl groups excluding tert-OH is 1. The molecule has 1 aromatic heterocycles. The minimum Gasteiger partial charge on any atom is -0.406 e. The molecule has 1 saturated carbocycles. The van der Waals surface area contributed by atoms with Crippen molar-refractivity contribution >= 4 is 5.91 Å². The molecule has 0 bridgehead atoms. The molecule has 1 aromatic carbocycles. The van der Waals surface area contributed by atoms with Gasteiger partial charge in [0, 0.05) is 44.2 Å². The van der Waals surface area contributed by atoms with Gasteiger partial charge in [-0.1, -0.05) is 13.0 Å². The molecule has 2 saturated heterocycles. The Morgan fingerprint density at radius 3 is 2.46 bits per heavy atom. The third kappa shape index (κ3) is 5.04. The minimum absolute atomic E-state index is 0.0633. The zero-order chi connectivity index (χ0) is 24.9. The van der Waals surface area contributed by atoms with Crippen LogP contribution in [0.25, 0.3) is 5.69 Å². The number of aliphatic hydroxyl groups is 1. The molecule has 35 heavy (non-hydrogen) atoms. The molecule has 0 spiro atoms. The van der Waals surface area contributed by atoms with Gasteiger partial charge in [-0.15, -0.1) is 13.2 Å². The van der Waals surface area contributed by atoms with Crippen molar-refractivity contribution in [1.29, 1.82) is 0 Å². The summed E-state index contributed by atoms with van der Waals surface area (Å²) < 4.78 is 43.9. The van der Waals surface area contributed by atoms with Gasteiger partial charge in [-0.05, 0) is 50.7 Å². The molecule has 10 heteroatoms. The summed E-state index contributed by atoms with van der Waals surface area (Å²) in [5.41, 5.74) is 2.36. The number of alkyl halides is 3. The van der Waals surface area contributed by atoms with Crippen LogP contribution in [0, 0.1) is 12.8 Å². The number of aromatic nitrogens is 2. The fraction of sp³-hybridized carbons (Fsp3) is 0.600. The fourth-order valence-corrected chi connectivity index (χ4v) is 5.43. The molecule has 0 unspecified atom stereocenters. The van der Waals surface area contributed by atoms with E-state index in [1.165, 1.54) is 18.2 Å². The summed E-state index contributed by atoms with van der Waals surface area (Å²) in [4.78, 5) is 17.9. The molecule has 2 aromatic rings. The molecule has 3 aliphatic rings. The van der Waals surface area contributed by atoms with Crippen molar-refractivity contribution in [2.24, 2.45) is 5.92 Å². The molecule has 3 heterocycles. The van der Waals surface area contributed by atoms with Gasteiger partial charge in [0.25, 0.3) is 5.91 Å². The van der Waals surface area contributed by atoms with E-state index < -0.39 is 6.36 Å². The van der Waals surface area contributed by atoms with Crippen LogP contribution < -0.4 is 4.74 Å². The number of carbonyl (C=O) groups is 1. The number of rotatable bonds is 5. The lowest BCUT2D eigenvalue weighted by atomic mass is 10.0. The van der Waals surface area contributed by atoms with Crippen LogP contribution in [0.5, 0.6) is 5.75 Å². The lowest BCUT2D eigenvalue weighted by Crippen LogP contribution is -2.46. The number of benzene rings is 1. The van der Waals surface area contributed by atoms with E-state index in [0.29, 0.717) is 42.6 Å².